The van der Waals surface area contributed by atoms with Crippen molar-refractivity contribution in [3.63, 3.8) is 0 Å². The maximum Gasteiger partial charge on any atom is 0.252 e. The number of anilines is 6. The summed E-state index contributed by atoms with van der Waals surface area (Å²) < 4.78 is 7.74. The zero-order chi connectivity index (χ0) is 61.7. The van der Waals surface area contributed by atoms with Gasteiger partial charge in [0.2, 0.25) is 0 Å². The minimum atomic E-state index is -0.124. The molecule has 18 rings (SSSR count). The second kappa shape index (κ2) is 20.6. The van der Waals surface area contributed by atoms with Gasteiger partial charge in [0.1, 0.15) is 0 Å². The zero-order valence-electron chi connectivity index (χ0n) is 52.3. The zero-order valence-corrected chi connectivity index (χ0v) is 53.9. The van der Waals surface area contributed by atoms with Crippen molar-refractivity contribution in [2.75, 3.05) is 9.80 Å². The molecule has 0 fully saturated rings. The first kappa shape index (κ1) is 54.7. The number of benzene rings is 13. The van der Waals surface area contributed by atoms with Crippen molar-refractivity contribution < 1.29 is 0 Å². The van der Waals surface area contributed by atoms with E-state index in [9.17, 15) is 0 Å². The fourth-order valence-electron chi connectivity index (χ4n) is 15.0. The van der Waals surface area contributed by atoms with Gasteiger partial charge in [-0.25, -0.2) is 0 Å². The smallest absolute Gasteiger partial charge is 0.252 e. The highest BCUT2D eigenvalue weighted by Crippen LogP contribution is 2.49. The van der Waals surface area contributed by atoms with Crippen LogP contribution in [0.15, 0.2) is 279 Å². The predicted molar refractivity (Wildman–Crippen MR) is 400 cm³/mol. The maximum absolute atomic E-state index is 2.60. The van der Waals surface area contributed by atoms with Crippen molar-refractivity contribution in [1.29, 1.82) is 0 Å². The number of fused-ring (bicyclic) bond motifs is 13. The molecule has 0 saturated carbocycles. The third kappa shape index (κ3) is 8.75. The monoisotopic (exact) mass is 1210 g/mol. The molecule has 0 saturated heterocycles. The molecule has 5 heterocycles. The van der Waals surface area contributed by atoms with Crippen LogP contribution < -0.4 is 26.2 Å². The van der Waals surface area contributed by atoms with Crippen molar-refractivity contribution in [1.82, 2.24) is 4.57 Å². The average molecular weight is 1210 g/mol. The van der Waals surface area contributed by atoms with Crippen LogP contribution in [0.5, 0.6) is 0 Å². The van der Waals surface area contributed by atoms with Gasteiger partial charge in [-0.15, -0.1) is 22.7 Å². The highest BCUT2D eigenvalue weighted by atomic mass is 32.1. The van der Waals surface area contributed by atoms with Crippen molar-refractivity contribution in [3.05, 3.63) is 290 Å². The van der Waals surface area contributed by atoms with Gasteiger partial charge >= 0.3 is 0 Å². The van der Waals surface area contributed by atoms with E-state index in [1.807, 2.05) is 22.7 Å². The molecule has 2 aliphatic heterocycles. The van der Waals surface area contributed by atoms with Gasteiger partial charge in [0.05, 0.1) is 16.7 Å². The van der Waals surface area contributed by atoms with E-state index in [2.05, 4.69) is 335 Å². The Balaban J connectivity index is 0.908. The van der Waals surface area contributed by atoms with E-state index >= 15 is 0 Å². The number of thiophene rings is 2. The van der Waals surface area contributed by atoms with Crippen LogP contribution in [0.1, 0.15) is 52.7 Å². The lowest BCUT2D eigenvalue weighted by atomic mass is 9.33. The molecule has 6 heteroatoms. The molecule has 0 spiro atoms. The van der Waals surface area contributed by atoms with E-state index in [-0.39, 0.29) is 17.5 Å². The molecule has 92 heavy (non-hydrogen) atoms. The molecule has 13 aromatic carbocycles. The summed E-state index contributed by atoms with van der Waals surface area (Å²) in [6.45, 7) is 13.6. The SMILES string of the molecule is CC(C)(C)c1ccc(-c2ccc(N3c4cc(-c5ccc6sc7ccccc7c6c5)ccc4B4c5ccc(-c6ccc7sc8ccccc8c7c6)cc5N(c5ccc(-c6ccc(C(C)(C)C)cc6)cc5)c5cc(-n6c7ccccc7c7ccccc76)cc3c54)cc2)cc1. The minimum absolute atomic E-state index is 0.0619. The molecule has 2 aliphatic rings. The van der Waals surface area contributed by atoms with Crippen LogP contribution in [-0.4, -0.2) is 11.3 Å². The fraction of sp³-hybridized carbons (Fsp3) is 0.0930. The number of hydrogen-bond donors (Lipinski definition) is 0. The number of nitrogens with zero attached hydrogens (tertiary/aromatic N) is 3. The third-order valence-corrected chi connectivity index (χ3v) is 22.0. The highest BCUT2D eigenvalue weighted by Gasteiger charge is 2.44. The van der Waals surface area contributed by atoms with Gasteiger partial charge in [-0.2, -0.15) is 0 Å². The van der Waals surface area contributed by atoms with Gasteiger partial charge in [-0.3, -0.25) is 0 Å². The highest BCUT2D eigenvalue weighted by molar-refractivity contribution is 7.26. The molecule has 0 unspecified atom stereocenters. The molecule has 0 bridgehead atoms. The van der Waals surface area contributed by atoms with Crippen molar-refractivity contribution >= 4 is 142 Å². The Morgan fingerprint density at radius 3 is 1.02 bits per heavy atom. The van der Waals surface area contributed by atoms with Crippen LogP contribution in [0, 0.1) is 0 Å². The van der Waals surface area contributed by atoms with Crippen LogP contribution in [0.2, 0.25) is 0 Å². The molecule has 0 aliphatic carbocycles. The summed E-state index contributed by atoms with van der Waals surface area (Å²) in [5, 5.41) is 7.66. The quantitative estimate of drug-likeness (QED) is 0.147. The van der Waals surface area contributed by atoms with Crippen LogP contribution in [0.3, 0.4) is 0 Å². The summed E-state index contributed by atoms with van der Waals surface area (Å²) >= 11 is 3.74. The van der Waals surface area contributed by atoms with Crippen LogP contribution in [0.25, 0.3) is 112 Å². The second-order valence-corrected chi connectivity index (χ2v) is 29.5. The van der Waals surface area contributed by atoms with Crippen LogP contribution in [-0.2, 0) is 10.8 Å². The first-order valence-corrected chi connectivity index (χ1v) is 33.8. The summed E-state index contributed by atoms with van der Waals surface area (Å²) in [5.74, 6) is 0. The lowest BCUT2D eigenvalue weighted by Crippen LogP contribution is -2.61. The summed E-state index contributed by atoms with van der Waals surface area (Å²) in [7, 11) is 0. The largest absolute Gasteiger partial charge is 0.311 e. The molecule has 16 aromatic rings. The summed E-state index contributed by atoms with van der Waals surface area (Å²) in [6, 6.07) is 106. The molecular weight excluding hydrogens is 1150 g/mol. The molecule has 0 amide bonds. The van der Waals surface area contributed by atoms with Crippen molar-refractivity contribution in [2.24, 2.45) is 0 Å². The normalized spacial score (nSPS) is 13.0. The lowest BCUT2D eigenvalue weighted by Gasteiger charge is -2.44. The number of rotatable bonds is 7. The van der Waals surface area contributed by atoms with E-state index in [4.69, 9.17) is 0 Å². The minimum Gasteiger partial charge on any atom is -0.311 e. The fourth-order valence-corrected chi connectivity index (χ4v) is 17.1. The van der Waals surface area contributed by atoms with Gasteiger partial charge in [0, 0.05) is 85.2 Å². The van der Waals surface area contributed by atoms with E-state index in [0.29, 0.717) is 0 Å². The van der Waals surface area contributed by atoms with Gasteiger partial charge in [0.25, 0.3) is 6.71 Å². The molecule has 0 radical (unpaired) electrons. The average Bonchev–Trinajstić information content (AvgIpc) is 0.711. The van der Waals surface area contributed by atoms with Crippen molar-refractivity contribution in [3.8, 4) is 50.2 Å². The third-order valence-electron chi connectivity index (χ3n) is 19.7. The van der Waals surface area contributed by atoms with Gasteiger partial charge in [-0.1, -0.05) is 224 Å². The number of hydrogen-bond acceptors (Lipinski definition) is 4. The van der Waals surface area contributed by atoms with Crippen molar-refractivity contribution in [2.45, 2.75) is 52.4 Å². The van der Waals surface area contributed by atoms with E-state index < -0.39 is 0 Å². The lowest BCUT2D eigenvalue weighted by molar-refractivity contribution is 0.590. The van der Waals surface area contributed by atoms with Gasteiger partial charge in [-0.05, 0) is 180 Å². The number of aromatic nitrogens is 1. The second-order valence-electron chi connectivity index (χ2n) is 27.3. The topological polar surface area (TPSA) is 11.4 Å². The van der Waals surface area contributed by atoms with Crippen LogP contribution in [0.4, 0.5) is 34.1 Å². The first-order chi connectivity index (χ1) is 44.8. The predicted octanol–water partition coefficient (Wildman–Crippen LogP) is 22.9. The van der Waals surface area contributed by atoms with E-state index in [0.717, 1.165) is 28.4 Å². The molecule has 3 aromatic heterocycles. The number of para-hydroxylation sites is 2. The summed E-state index contributed by atoms with van der Waals surface area (Å²) in [6.07, 6.45) is 0. The Hall–Kier alpha value is -10.2. The molecular formula is C86H64BN3S2. The van der Waals surface area contributed by atoms with Gasteiger partial charge in [0.15, 0.2) is 0 Å². The maximum atomic E-state index is 2.60. The Morgan fingerprint density at radius 1 is 0.272 bits per heavy atom. The van der Waals surface area contributed by atoms with Crippen LogP contribution >= 0.6 is 22.7 Å². The summed E-state index contributed by atoms with van der Waals surface area (Å²) in [5.41, 5.74) is 26.4. The molecule has 0 N–H and O–H groups in total. The Kier molecular flexibility index (Phi) is 12.3. The van der Waals surface area contributed by atoms with Gasteiger partial charge < -0.3 is 14.4 Å². The van der Waals surface area contributed by atoms with E-state index in [1.165, 1.54) is 146 Å². The molecule has 3 nitrogen and oxygen atoms in total. The Labute approximate surface area is 545 Å². The Morgan fingerprint density at radius 2 is 0.609 bits per heavy atom. The first-order valence-electron chi connectivity index (χ1n) is 32.1. The Bertz CT molecular complexity index is 5310. The van der Waals surface area contributed by atoms with E-state index in [1.54, 1.807) is 0 Å². The molecule has 0 atom stereocenters. The molecule has 438 valence electrons. The standard InChI is InChI=1S/C86H64BN3S2/c1-85(2,3)61-35-23-53(24-36-61)55-27-39-63(40-28-55)88-76-49-59(57-33-45-82-70(47-57)68-17-9-13-21-80(68)91-82)31-43-72(76)87-73-44-32-60(58-34-46-83-71(48-58)69-18-10-14-22-81(69)92-83)50-77(73)89(64-41-29-56(30-42-64)54-25-37-62(38-26-54)86(4,5)6)79-52-65(51-78(88)84(79)87)90-74-19-11-7-15-66(74)67-16-8-12-20-75(67)90/h7-52H,1-6H3. The summed E-state index contributed by atoms with van der Waals surface area (Å²) in [4.78, 5) is 5.19.